The smallest absolute Gasteiger partial charge is 0.198 e. The van der Waals surface area contributed by atoms with Gasteiger partial charge >= 0.3 is 0 Å². The van der Waals surface area contributed by atoms with Gasteiger partial charge in [-0.25, -0.2) is 0 Å². The van der Waals surface area contributed by atoms with Crippen LogP contribution in [0.4, 0.5) is 11.4 Å². The molecule has 2 nitrogen and oxygen atoms in total. The number of aromatic nitrogens is 1. The second-order valence-corrected chi connectivity index (χ2v) is 20.8. The molecule has 0 bridgehead atoms. The lowest BCUT2D eigenvalue weighted by Crippen LogP contribution is -2.38. The van der Waals surface area contributed by atoms with E-state index >= 15 is 0 Å². The summed E-state index contributed by atoms with van der Waals surface area (Å²) in [5.41, 5.74) is 18.4. The summed E-state index contributed by atoms with van der Waals surface area (Å²) in [5.74, 6) is 0. The van der Waals surface area contributed by atoms with Crippen LogP contribution >= 0.6 is 22.7 Å². The predicted octanol–water partition coefficient (Wildman–Crippen LogP) is 14.2. The van der Waals surface area contributed by atoms with Crippen LogP contribution in [0.3, 0.4) is 0 Å². The van der Waals surface area contributed by atoms with Crippen molar-refractivity contribution in [2.45, 2.75) is 45.4 Å². The van der Waals surface area contributed by atoms with Gasteiger partial charge in [0.2, 0.25) is 0 Å². The van der Waals surface area contributed by atoms with Gasteiger partial charge < -0.3 is 9.88 Å². The van der Waals surface area contributed by atoms with Crippen LogP contribution in [0.25, 0.3) is 90.1 Å². The normalized spacial score (nSPS) is 14.0. The second-order valence-electron chi connectivity index (χ2n) is 18.6. The molecule has 0 amide bonds. The summed E-state index contributed by atoms with van der Waals surface area (Å²) in [6.45, 7) is 11.6. The van der Waals surface area contributed by atoms with Crippen LogP contribution < -0.4 is 16.2 Å². The standard InChI is InChI=1S/C55H41BN2S2/c1-54(2,3)30-18-20-31(21-19-30)57-45-25-41-34-14-8-11-17-49(34)59-50(41)27-38(45)35-22-23-36-39-24-40-33-13-7-10-16-48(33)60-51(40)29-46(39)58-47-26-37-32-12-6-9-15-42(32)55(4,5)43(37)28-44(47)56-52(35)53(36)58/h6-29,56-57H,1-5H3. The summed E-state index contributed by atoms with van der Waals surface area (Å²) < 4.78 is 7.95. The van der Waals surface area contributed by atoms with Crippen molar-refractivity contribution in [2.24, 2.45) is 0 Å². The van der Waals surface area contributed by atoms with Crippen molar-refractivity contribution < 1.29 is 0 Å². The molecule has 60 heavy (non-hydrogen) atoms. The van der Waals surface area contributed by atoms with E-state index in [1.165, 1.54) is 118 Å². The van der Waals surface area contributed by atoms with E-state index in [-0.39, 0.29) is 10.8 Å². The Morgan fingerprint density at radius 3 is 1.97 bits per heavy atom. The maximum Gasteiger partial charge on any atom is 0.198 e. The lowest BCUT2D eigenvalue weighted by Gasteiger charge is -2.27. The fourth-order valence-corrected chi connectivity index (χ4v) is 12.9. The van der Waals surface area contributed by atoms with Gasteiger partial charge in [0, 0.05) is 84.7 Å². The van der Waals surface area contributed by atoms with E-state index in [0.717, 1.165) is 18.7 Å². The molecule has 0 radical (unpaired) electrons. The SMILES string of the molecule is CC(C)(C)c1ccc(Nc2cc3c(cc2-c2ccc4c5cc6c(cc5n5c4c2Bc2cc4c(cc2-5)-c2ccccc2C4(C)C)sc2ccccc26)sc2ccccc23)cc1. The molecule has 1 aliphatic carbocycles. The number of hydrogen-bond acceptors (Lipinski definition) is 3. The lowest BCUT2D eigenvalue weighted by molar-refractivity contribution is 0.590. The van der Waals surface area contributed by atoms with Crippen LogP contribution in [-0.2, 0) is 10.8 Å². The Bertz CT molecular complexity index is 3670. The number of nitrogens with one attached hydrogen (secondary N) is 1. The molecule has 11 aromatic rings. The summed E-state index contributed by atoms with van der Waals surface area (Å²) in [5, 5.41) is 11.9. The maximum absolute atomic E-state index is 3.96. The van der Waals surface area contributed by atoms with Crippen molar-refractivity contribution >= 4 is 114 Å². The summed E-state index contributed by atoms with van der Waals surface area (Å²) in [4.78, 5) is 0. The number of thiophene rings is 2. The van der Waals surface area contributed by atoms with Gasteiger partial charge in [0.1, 0.15) is 0 Å². The molecule has 286 valence electrons. The van der Waals surface area contributed by atoms with Crippen LogP contribution in [-0.4, -0.2) is 11.8 Å². The number of fused-ring (bicyclic) bond motifs is 14. The number of rotatable bonds is 3. The van der Waals surface area contributed by atoms with Gasteiger partial charge in [-0.1, -0.05) is 131 Å². The Balaban J connectivity index is 1.11. The van der Waals surface area contributed by atoms with Gasteiger partial charge in [0.25, 0.3) is 0 Å². The third kappa shape index (κ3) is 4.76. The molecule has 0 spiro atoms. The molecule has 0 saturated carbocycles. The Labute approximate surface area is 358 Å². The van der Waals surface area contributed by atoms with E-state index in [1.807, 2.05) is 22.7 Å². The van der Waals surface area contributed by atoms with E-state index in [0.29, 0.717) is 0 Å². The van der Waals surface area contributed by atoms with Crippen molar-refractivity contribution in [3.63, 3.8) is 0 Å². The highest BCUT2D eigenvalue weighted by Gasteiger charge is 2.38. The molecule has 0 saturated heterocycles. The Morgan fingerprint density at radius 2 is 1.22 bits per heavy atom. The number of hydrogen-bond donors (Lipinski definition) is 1. The molecule has 0 fully saturated rings. The van der Waals surface area contributed by atoms with Gasteiger partial charge in [-0.2, -0.15) is 0 Å². The van der Waals surface area contributed by atoms with E-state index < -0.39 is 0 Å². The summed E-state index contributed by atoms with van der Waals surface area (Å²) >= 11 is 3.80. The molecular formula is C55H41BN2S2. The fourth-order valence-electron chi connectivity index (χ4n) is 10.7. The summed E-state index contributed by atoms with van der Waals surface area (Å²) in [7, 11) is 0.861. The summed E-state index contributed by atoms with van der Waals surface area (Å²) in [6, 6.07) is 55.6. The van der Waals surface area contributed by atoms with Gasteiger partial charge in [0.15, 0.2) is 7.28 Å². The monoisotopic (exact) mass is 804 g/mol. The third-order valence-corrected chi connectivity index (χ3v) is 16.0. The third-order valence-electron chi connectivity index (χ3n) is 13.8. The van der Waals surface area contributed by atoms with E-state index in [9.17, 15) is 0 Å². The van der Waals surface area contributed by atoms with Crippen LogP contribution in [0.5, 0.6) is 0 Å². The second kappa shape index (κ2) is 12.0. The largest absolute Gasteiger partial charge is 0.355 e. The maximum atomic E-state index is 3.96. The minimum Gasteiger partial charge on any atom is -0.355 e. The molecule has 1 aliphatic heterocycles. The molecule has 0 atom stereocenters. The first kappa shape index (κ1) is 34.7. The van der Waals surface area contributed by atoms with Gasteiger partial charge in [-0.05, 0) is 98.9 Å². The van der Waals surface area contributed by atoms with Crippen LogP contribution in [0.15, 0.2) is 146 Å². The van der Waals surface area contributed by atoms with Crippen LogP contribution in [0.2, 0.25) is 0 Å². The first-order valence-electron chi connectivity index (χ1n) is 21.1. The molecular weight excluding hydrogens is 764 g/mol. The van der Waals surface area contributed by atoms with Crippen molar-refractivity contribution in [3.8, 4) is 27.9 Å². The minimum absolute atomic E-state index is 0.0795. The molecule has 1 N–H and O–H groups in total. The van der Waals surface area contributed by atoms with Gasteiger partial charge in [-0.15, -0.1) is 22.7 Å². The van der Waals surface area contributed by atoms with Crippen LogP contribution in [0, 0.1) is 0 Å². The predicted molar refractivity (Wildman–Crippen MR) is 264 cm³/mol. The Hall–Kier alpha value is -6.14. The van der Waals surface area contributed by atoms with Crippen molar-refractivity contribution in [2.75, 3.05) is 5.32 Å². The van der Waals surface area contributed by atoms with Crippen LogP contribution in [0.1, 0.15) is 51.3 Å². The van der Waals surface area contributed by atoms with Gasteiger partial charge in [0.05, 0.1) is 5.52 Å². The van der Waals surface area contributed by atoms with E-state index in [2.05, 4.69) is 190 Å². The molecule has 13 rings (SSSR count). The highest BCUT2D eigenvalue weighted by Crippen LogP contribution is 2.50. The zero-order chi connectivity index (χ0) is 40.2. The first-order valence-corrected chi connectivity index (χ1v) is 22.8. The average Bonchev–Trinajstić information content (AvgIpc) is 3.96. The number of benzene rings is 8. The molecule has 0 unspecified atom stereocenters. The molecule has 8 aromatic carbocycles. The molecule has 2 aliphatic rings. The minimum atomic E-state index is -0.0795. The fraction of sp³-hybridized carbons (Fsp3) is 0.127. The zero-order valence-electron chi connectivity index (χ0n) is 34.3. The van der Waals surface area contributed by atoms with E-state index in [1.54, 1.807) is 0 Å². The lowest BCUT2D eigenvalue weighted by atomic mass is 9.58. The van der Waals surface area contributed by atoms with Crippen molar-refractivity contribution in [3.05, 3.63) is 162 Å². The summed E-state index contributed by atoms with van der Waals surface area (Å²) in [6.07, 6.45) is 0. The van der Waals surface area contributed by atoms with E-state index in [4.69, 9.17) is 0 Å². The quantitative estimate of drug-likeness (QED) is 0.176. The Kier molecular flexibility index (Phi) is 6.94. The highest BCUT2D eigenvalue weighted by atomic mass is 32.1. The average molecular weight is 805 g/mol. The zero-order valence-corrected chi connectivity index (χ0v) is 36.0. The number of nitrogens with zero attached hydrogens (tertiary/aromatic N) is 1. The Morgan fingerprint density at radius 1 is 0.533 bits per heavy atom. The highest BCUT2D eigenvalue weighted by molar-refractivity contribution is 7.26. The molecule has 4 heterocycles. The van der Waals surface area contributed by atoms with Crippen molar-refractivity contribution in [1.29, 1.82) is 0 Å². The molecule has 5 heteroatoms. The topological polar surface area (TPSA) is 17.0 Å². The van der Waals surface area contributed by atoms with Gasteiger partial charge in [-0.3, -0.25) is 0 Å². The number of anilines is 2. The molecule has 3 aromatic heterocycles. The van der Waals surface area contributed by atoms with Crippen molar-refractivity contribution in [1.82, 2.24) is 4.57 Å². The first-order chi connectivity index (χ1) is 29.1.